The van der Waals surface area contributed by atoms with Gasteiger partial charge in [0.15, 0.2) is 0 Å². The van der Waals surface area contributed by atoms with E-state index in [1.54, 1.807) is 0 Å². The van der Waals surface area contributed by atoms with Crippen molar-refractivity contribution in [3.8, 4) is 0 Å². The van der Waals surface area contributed by atoms with Gasteiger partial charge >= 0.3 is 0 Å². The van der Waals surface area contributed by atoms with E-state index in [-0.39, 0.29) is 6.10 Å². The van der Waals surface area contributed by atoms with E-state index in [9.17, 15) is 5.11 Å². The van der Waals surface area contributed by atoms with Crippen LogP contribution in [0.1, 0.15) is 19.8 Å². The highest BCUT2D eigenvalue weighted by Crippen LogP contribution is 2.32. The van der Waals surface area contributed by atoms with Crippen LogP contribution in [-0.4, -0.2) is 35.4 Å². The molecule has 1 aromatic heterocycles. The normalized spacial score (nSPS) is 22.2. The number of fused-ring (bicyclic) bond motifs is 3. The van der Waals surface area contributed by atoms with E-state index in [0.29, 0.717) is 16.6 Å². The lowest BCUT2D eigenvalue weighted by Crippen LogP contribution is -3.14. The Balaban J connectivity index is 1.64. The molecule has 4 rings (SSSR count). The standard InChI is InChI=1S/C21H24Cl2N2O/c1-14-6-8-24(9-7-14)12-17(26)13-25-20-4-2-15(22)10-18(20)19-11-16(23)3-5-21(19)25/h2-5,10-11,14,17,26H,6-9,12-13H2,1H3/p+1/t17-/m1/s1. The molecule has 0 amide bonds. The molecule has 1 aliphatic rings. The Kier molecular flexibility index (Phi) is 5.15. The number of nitrogens with one attached hydrogen (secondary N) is 1. The quantitative estimate of drug-likeness (QED) is 0.696. The minimum Gasteiger partial charge on any atom is -0.385 e. The molecule has 0 aliphatic carbocycles. The van der Waals surface area contributed by atoms with Gasteiger partial charge in [0.1, 0.15) is 12.6 Å². The van der Waals surface area contributed by atoms with Gasteiger partial charge in [-0.3, -0.25) is 0 Å². The molecule has 1 saturated heterocycles. The second-order valence-electron chi connectivity index (χ2n) is 7.72. The van der Waals surface area contributed by atoms with Crippen LogP contribution in [0.5, 0.6) is 0 Å². The fourth-order valence-corrected chi connectivity index (χ4v) is 4.57. The molecule has 1 fully saturated rings. The molecule has 2 N–H and O–H groups in total. The van der Waals surface area contributed by atoms with E-state index in [0.717, 1.165) is 47.4 Å². The van der Waals surface area contributed by atoms with Crippen molar-refractivity contribution in [1.82, 2.24) is 4.57 Å². The van der Waals surface area contributed by atoms with Crippen molar-refractivity contribution in [3.63, 3.8) is 0 Å². The molecule has 0 spiro atoms. The molecule has 0 bridgehead atoms. The zero-order valence-corrected chi connectivity index (χ0v) is 16.5. The number of benzene rings is 2. The molecule has 26 heavy (non-hydrogen) atoms. The Hall–Kier alpha value is -1.26. The maximum atomic E-state index is 10.8. The van der Waals surface area contributed by atoms with Crippen molar-refractivity contribution in [3.05, 3.63) is 46.4 Å². The fraction of sp³-hybridized carbons (Fsp3) is 0.429. The van der Waals surface area contributed by atoms with Crippen molar-refractivity contribution < 1.29 is 10.0 Å². The van der Waals surface area contributed by atoms with Gasteiger partial charge in [0.25, 0.3) is 0 Å². The first-order valence-electron chi connectivity index (χ1n) is 9.40. The van der Waals surface area contributed by atoms with Crippen molar-refractivity contribution >= 4 is 45.0 Å². The Bertz CT molecular complexity index is 869. The van der Waals surface area contributed by atoms with Crippen LogP contribution in [0.2, 0.25) is 10.0 Å². The van der Waals surface area contributed by atoms with Crippen LogP contribution >= 0.6 is 23.2 Å². The van der Waals surface area contributed by atoms with Crippen LogP contribution in [-0.2, 0) is 6.54 Å². The number of aromatic nitrogens is 1. The third-order valence-electron chi connectivity index (χ3n) is 5.69. The van der Waals surface area contributed by atoms with Crippen molar-refractivity contribution in [2.75, 3.05) is 19.6 Å². The molecule has 1 aliphatic heterocycles. The van der Waals surface area contributed by atoms with E-state index in [4.69, 9.17) is 23.2 Å². The van der Waals surface area contributed by atoms with Gasteiger partial charge in [-0.1, -0.05) is 30.1 Å². The Morgan fingerprint density at radius 3 is 2.12 bits per heavy atom. The maximum Gasteiger partial charge on any atom is 0.121 e. The van der Waals surface area contributed by atoms with Crippen LogP contribution in [0.4, 0.5) is 0 Å². The number of nitrogens with zero attached hydrogens (tertiary/aromatic N) is 1. The number of piperidine rings is 1. The summed E-state index contributed by atoms with van der Waals surface area (Å²) in [5.74, 6) is 0.822. The molecule has 0 radical (unpaired) electrons. The first-order valence-corrected chi connectivity index (χ1v) is 10.2. The summed E-state index contributed by atoms with van der Waals surface area (Å²) in [6.45, 7) is 6.03. The van der Waals surface area contributed by atoms with E-state index in [1.165, 1.54) is 17.7 Å². The lowest BCUT2D eigenvalue weighted by atomic mass is 9.99. The van der Waals surface area contributed by atoms with Gasteiger partial charge in [-0.05, 0) is 55.2 Å². The van der Waals surface area contributed by atoms with Crippen molar-refractivity contribution in [2.24, 2.45) is 5.92 Å². The van der Waals surface area contributed by atoms with Crippen LogP contribution in [0.25, 0.3) is 21.8 Å². The van der Waals surface area contributed by atoms with Gasteiger partial charge in [0.05, 0.1) is 19.6 Å². The van der Waals surface area contributed by atoms with Crippen molar-refractivity contribution in [2.45, 2.75) is 32.4 Å². The average molecular weight is 392 g/mol. The molecule has 2 heterocycles. The monoisotopic (exact) mass is 391 g/mol. The van der Waals surface area contributed by atoms with E-state index < -0.39 is 0 Å². The lowest BCUT2D eigenvalue weighted by Gasteiger charge is -2.29. The van der Waals surface area contributed by atoms with Crippen LogP contribution < -0.4 is 4.90 Å². The summed E-state index contributed by atoms with van der Waals surface area (Å²) < 4.78 is 2.20. The zero-order chi connectivity index (χ0) is 18.3. The predicted molar refractivity (Wildman–Crippen MR) is 109 cm³/mol. The summed E-state index contributed by atoms with van der Waals surface area (Å²) in [6.07, 6.45) is 2.15. The molecule has 0 saturated carbocycles. The Morgan fingerprint density at radius 2 is 1.58 bits per heavy atom. The number of hydrogen-bond donors (Lipinski definition) is 2. The number of likely N-dealkylation sites (tertiary alicyclic amines) is 1. The third kappa shape index (κ3) is 3.59. The second kappa shape index (κ2) is 7.40. The molecule has 0 unspecified atom stereocenters. The van der Waals surface area contributed by atoms with Crippen LogP contribution in [0, 0.1) is 5.92 Å². The predicted octanol–water partition coefficient (Wildman–Crippen LogP) is 3.78. The first-order chi connectivity index (χ1) is 12.5. The summed E-state index contributed by atoms with van der Waals surface area (Å²) in [4.78, 5) is 1.52. The van der Waals surface area contributed by atoms with Crippen molar-refractivity contribution in [1.29, 1.82) is 0 Å². The van der Waals surface area contributed by atoms with Crippen LogP contribution in [0.15, 0.2) is 36.4 Å². The lowest BCUT2D eigenvalue weighted by molar-refractivity contribution is -0.909. The highest BCUT2D eigenvalue weighted by Gasteiger charge is 2.23. The summed E-state index contributed by atoms with van der Waals surface area (Å²) >= 11 is 12.4. The van der Waals surface area contributed by atoms with E-state index >= 15 is 0 Å². The summed E-state index contributed by atoms with van der Waals surface area (Å²) in [5.41, 5.74) is 2.18. The third-order valence-corrected chi connectivity index (χ3v) is 6.16. The average Bonchev–Trinajstić information content (AvgIpc) is 2.89. The molecule has 2 aromatic carbocycles. The summed E-state index contributed by atoms with van der Waals surface area (Å²) in [5, 5.41) is 14.4. The molecular formula is C21H25Cl2N2O+. The number of aliphatic hydroxyl groups excluding tert-OH is 1. The van der Waals surface area contributed by atoms with E-state index in [2.05, 4.69) is 11.5 Å². The number of aliphatic hydroxyl groups is 1. The Morgan fingerprint density at radius 1 is 1.04 bits per heavy atom. The fourth-order valence-electron chi connectivity index (χ4n) is 4.23. The Labute approximate surface area is 164 Å². The highest BCUT2D eigenvalue weighted by atomic mass is 35.5. The second-order valence-corrected chi connectivity index (χ2v) is 8.60. The van der Waals surface area contributed by atoms with Gasteiger partial charge < -0.3 is 14.6 Å². The summed E-state index contributed by atoms with van der Waals surface area (Å²) in [6, 6.07) is 11.8. The number of hydrogen-bond acceptors (Lipinski definition) is 1. The van der Waals surface area contributed by atoms with E-state index in [1.807, 2.05) is 36.4 Å². The topological polar surface area (TPSA) is 29.6 Å². The number of rotatable bonds is 4. The molecule has 5 heteroatoms. The molecule has 1 atom stereocenters. The largest absolute Gasteiger partial charge is 0.385 e. The molecule has 138 valence electrons. The van der Waals surface area contributed by atoms with Gasteiger partial charge in [-0.2, -0.15) is 0 Å². The maximum absolute atomic E-state index is 10.8. The summed E-state index contributed by atoms with van der Waals surface area (Å²) in [7, 11) is 0. The molecule has 3 aromatic rings. The number of quaternary nitrogens is 1. The SMILES string of the molecule is CC1CC[NH+](C[C@@H](O)Cn2c3ccc(Cl)cc3c3cc(Cl)ccc32)CC1. The number of halogens is 2. The highest BCUT2D eigenvalue weighted by molar-refractivity contribution is 6.33. The minimum absolute atomic E-state index is 0.372. The smallest absolute Gasteiger partial charge is 0.121 e. The molecule has 3 nitrogen and oxygen atoms in total. The molecular weight excluding hydrogens is 367 g/mol. The van der Waals surface area contributed by atoms with Gasteiger partial charge in [-0.15, -0.1) is 0 Å². The van der Waals surface area contributed by atoms with Gasteiger partial charge in [-0.25, -0.2) is 0 Å². The van der Waals surface area contributed by atoms with Gasteiger partial charge in [0.2, 0.25) is 0 Å². The first kappa shape index (κ1) is 18.1. The minimum atomic E-state index is -0.372. The van der Waals surface area contributed by atoms with Crippen LogP contribution in [0.3, 0.4) is 0 Å². The zero-order valence-electron chi connectivity index (χ0n) is 15.0. The van der Waals surface area contributed by atoms with Gasteiger partial charge in [0, 0.05) is 31.9 Å².